The van der Waals surface area contributed by atoms with E-state index in [1.807, 2.05) is 20.8 Å². The maximum Gasteiger partial charge on any atom is 0.330 e. The average Bonchev–Trinajstić information content (AvgIpc) is 2.95. The van der Waals surface area contributed by atoms with Crippen molar-refractivity contribution in [1.82, 2.24) is 10.5 Å². The van der Waals surface area contributed by atoms with Crippen LogP contribution >= 0.6 is 0 Å². The molecule has 22 heavy (non-hydrogen) atoms. The third-order valence-corrected chi connectivity index (χ3v) is 3.14. The Bertz CT molecular complexity index is 671. The van der Waals surface area contributed by atoms with Crippen molar-refractivity contribution in [3.63, 3.8) is 0 Å². The molecule has 2 rings (SSSR count). The lowest BCUT2D eigenvalue weighted by atomic mass is 9.93. The van der Waals surface area contributed by atoms with Crippen LogP contribution in [0.4, 0.5) is 0 Å². The summed E-state index contributed by atoms with van der Waals surface area (Å²) in [5, 5.41) is 15.5. The number of carbonyl (C=O) groups is 2. The number of hydrogen-bond donors (Lipinski definition) is 2. The van der Waals surface area contributed by atoms with Crippen LogP contribution in [0.3, 0.4) is 0 Å². The van der Waals surface area contributed by atoms with E-state index < -0.39 is 17.9 Å². The van der Waals surface area contributed by atoms with Gasteiger partial charge in [0.25, 0.3) is 5.91 Å². The van der Waals surface area contributed by atoms with E-state index >= 15 is 0 Å². The van der Waals surface area contributed by atoms with Crippen molar-refractivity contribution in [3.05, 3.63) is 53.4 Å². The average molecular weight is 302 g/mol. The van der Waals surface area contributed by atoms with E-state index in [4.69, 9.17) is 4.52 Å². The number of hydrogen-bond acceptors (Lipinski definition) is 4. The lowest BCUT2D eigenvalue weighted by Crippen LogP contribution is -2.33. The van der Waals surface area contributed by atoms with Crippen LogP contribution in [-0.4, -0.2) is 22.1 Å². The zero-order valence-corrected chi connectivity index (χ0v) is 12.7. The summed E-state index contributed by atoms with van der Waals surface area (Å²) in [6.07, 6.45) is 0. The number of nitrogens with zero attached hydrogens (tertiary/aromatic N) is 1. The van der Waals surface area contributed by atoms with Gasteiger partial charge < -0.3 is 14.9 Å². The molecule has 116 valence electrons. The Hall–Kier alpha value is -2.63. The molecule has 0 spiro atoms. The van der Waals surface area contributed by atoms with Crippen LogP contribution < -0.4 is 5.32 Å². The smallest absolute Gasteiger partial charge is 0.330 e. The van der Waals surface area contributed by atoms with Crippen LogP contribution in [0.15, 0.2) is 40.9 Å². The third kappa shape index (κ3) is 3.52. The van der Waals surface area contributed by atoms with E-state index in [0.717, 1.165) is 0 Å². The van der Waals surface area contributed by atoms with Gasteiger partial charge >= 0.3 is 5.97 Å². The van der Waals surface area contributed by atoms with Crippen LogP contribution in [0, 0.1) is 0 Å². The van der Waals surface area contributed by atoms with Gasteiger partial charge in [0.2, 0.25) is 0 Å². The fourth-order valence-corrected chi connectivity index (χ4v) is 1.87. The summed E-state index contributed by atoms with van der Waals surface area (Å²) in [6.45, 7) is 5.79. The number of nitrogens with one attached hydrogen (secondary N) is 1. The summed E-state index contributed by atoms with van der Waals surface area (Å²) < 4.78 is 5.14. The first-order valence-electron chi connectivity index (χ1n) is 6.85. The highest BCUT2D eigenvalue weighted by atomic mass is 16.5. The van der Waals surface area contributed by atoms with Crippen molar-refractivity contribution in [3.8, 4) is 0 Å². The Balaban J connectivity index is 2.19. The summed E-state index contributed by atoms with van der Waals surface area (Å²) in [5.74, 6) is -1.17. The van der Waals surface area contributed by atoms with Gasteiger partial charge in [-0.05, 0) is 5.56 Å². The molecular formula is C16H18N2O4. The van der Waals surface area contributed by atoms with Gasteiger partial charge in [0.15, 0.2) is 11.7 Å². The fourth-order valence-electron chi connectivity index (χ4n) is 1.87. The minimum atomic E-state index is -1.14. The molecule has 0 aliphatic carbocycles. The zero-order chi connectivity index (χ0) is 16.3. The predicted molar refractivity (Wildman–Crippen MR) is 79.5 cm³/mol. The minimum Gasteiger partial charge on any atom is -0.479 e. The second-order valence-corrected chi connectivity index (χ2v) is 5.98. The minimum absolute atomic E-state index is 0.0621. The molecule has 0 fully saturated rings. The van der Waals surface area contributed by atoms with Gasteiger partial charge in [-0.3, -0.25) is 4.79 Å². The Morgan fingerprint density at radius 1 is 1.23 bits per heavy atom. The first-order valence-corrected chi connectivity index (χ1v) is 6.85. The van der Waals surface area contributed by atoms with Crippen molar-refractivity contribution in [1.29, 1.82) is 0 Å². The van der Waals surface area contributed by atoms with E-state index in [9.17, 15) is 14.7 Å². The summed E-state index contributed by atoms with van der Waals surface area (Å²) in [7, 11) is 0. The van der Waals surface area contributed by atoms with Crippen LogP contribution in [0.5, 0.6) is 0 Å². The maximum absolute atomic E-state index is 12.2. The Morgan fingerprint density at radius 2 is 1.86 bits per heavy atom. The standard InChI is InChI=1S/C16H18N2O4/c1-16(2,3)12-9-11(18-22-12)14(19)17-13(15(20)21)10-7-5-4-6-8-10/h4-9,13H,1-3H3,(H,17,19)(H,20,21). The lowest BCUT2D eigenvalue weighted by molar-refractivity contribution is -0.139. The summed E-state index contributed by atoms with van der Waals surface area (Å²) in [4.78, 5) is 23.5. The second-order valence-electron chi connectivity index (χ2n) is 5.98. The van der Waals surface area contributed by atoms with Crippen molar-refractivity contribution in [2.24, 2.45) is 0 Å². The van der Waals surface area contributed by atoms with Gasteiger partial charge in [-0.15, -0.1) is 0 Å². The highest BCUT2D eigenvalue weighted by Gasteiger charge is 2.26. The quantitative estimate of drug-likeness (QED) is 0.905. The monoisotopic (exact) mass is 302 g/mol. The number of carboxylic acids is 1. The molecule has 1 amide bonds. The molecule has 2 aromatic rings. The molecule has 0 aliphatic heterocycles. The molecule has 6 nitrogen and oxygen atoms in total. The van der Waals surface area contributed by atoms with E-state index in [1.165, 1.54) is 6.07 Å². The number of rotatable bonds is 4. The molecule has 1 heterocycles. The summed E-state index contributed by atoms with van der Waals surface area (Å²) >= 11 is 0. The Labute approximate surface area is 128 Å². The highest BCUT2D eigenvalue weighted by molar-refractivity contribution is 5.95. The summed E-state index contributed by atoms with van der Waals surface area (Å²) in [5.41, 5.74) is 0.270. The van der Waals surface area contributed by atoms with E-state index in [-0.39, 0.29) is 11.1 Å². The van der Waals surface area contributed by atoms with E-state index in [0.29, 0.717) is 11.3 Å². The molecule has 0 bridgehead atoms. The molecular weight excluding hydrogens is 284 g/mol. The molecule has 0 aliphatic rings. The zero-order valence-electron chi connectivity index (χ0n) is 12.7. The normalized spacial score (nSPS) is 12.7. The van der Waals surface area contributed by atoms with Crippen molar-refractivity contribution in [2.45, 2.75) is 32.2 Å². The van der Waals surface area contributed by atoms with Gasteiger partial charge in [-0.2, -0.15) is 0 Å². The molecule has 0 radical (unpaired) electrons. The van der Waals surface area contributed by atoms with Gasteiger partial charge in [-0.1, -0.05) is 56.3 Å². The van der Waals surface area contributed by atoms with Gasteiger partial charge in [0, 0.05) is 11.5 Å². The molecule has 0 saturated carbocycles. The number of amides is 1. The number of benzene rings is 1. The van der Waals surface area contributed by atoms with Crippen molar-refractivity contribution in [2.75, 3.05) is 0 Å². The molecule has 2 N–H and O–H groups in total. The van der Waals surface area contributed by atoms with Crippen LogP contribution in [0.1, 0.15) is 48.6 Å². The van der Waals surface area contributed by atoms with Gasteiger partial charge in [0.1, 0.15) is 5.76 Å². The Kier molecular flexibility index (Phi) is 4.30. The van der Waals surface area contributed by atoms with Gasteiger partial charge in [-0.25, -0.2) is 4.79 Å². The van der Waals surface area contributed by atoms with E-state index in [2.05, 4.69) is 10.5 Å². The van der Waals surface area contributed by atoms with E-state index in [1.54, 1.807) is 30.3 Å². The van der Waals surface area contributed by atoms with Crippen molar-refractivity contribution >= 4 is 11.9 Å². The molecule has 1 unspecified atom stereocenters. The van der Waals surface area contributed by atoms with Crippen LogP contribution in [-0.2, 0) is 10.2 Å². The topological polar surface area (TPSA) is 92.4 Å². The number of aliphatic carboxylic acids is 1. The molecule has 1 aromatic carbocycles. The number of carboxylic acid groups (broad SMARTS) is 1. The Morgan fingerprint density at radius 3 is 2.36 bits per heavy atom. The second kappa shape index (κ2) is 6.01. The first kappa shape index (κ1) is 15.8. The number of aromatic nitrogens is 1. The maximum atomic E-state index is 12.2. The summed E-state index contributed by atoms with van der Waals surface area (Å²) in [6, 6.07) is 8.88. The van der Waals surface area contributed by atoms with Crippen LogP contribution in [0.2, 0.25) is 0 Å². The highest BCUT2D eigenvalue weighted by Crippen LogP contribution is 2.23. The van der Waals surface area contributed by atoms with Gasteiger partial charge in [0.05, 0.1) is 0 Å². The molecule has 1 atom stereocenters. The first-order chi connectivity index (χ1) is 10.3. The SMILES string of the molecule is CC(C)(C)c1cc(C(=O)NC(C(=O)O)c2ccccc2)no1. The largest absolute Gasteiger partial charge is 0.479 e. The lowest BCUT2D eigenvalue weighted by Gasteiger charge is -2.14. The van der Waals surface area contributed by atoms with Crippen LogP contribution in [0.25, 0.3) is 0 Å². The number of carbonyl (C=O) groups excluding carboxylic acids is 1. The third-order valence-electron chi connectivity index (χ3n) is 3.14. The molecule has 1 aromatic heterocycles. The van der Waals surface area contributed by atoms with Crippen molar-refractivity contribution < 1.29 is 19.2 Å². The fraction of sp³-hybridized carbons (Fsp3) is 0.312. The molecule has 6 heteroatoms. The predicted octanol–water partition coefficient (Wildman–Crippen LogP) is 2.53. The molecule has 0 saturated heterocycles.